The summed E-state index contributed by atoms with van der Waals surface area (Å²) in [5, 5.41) is 17.7. The molecule has 0 spiro atoms. The minimum Gasteiger partial charge on any atom is -0.367 e. The van der Waals surface area contributed by atoms with Gasteiger partial charge in [-0.15, -0.1) is 16.4 Å². The first-order chi connectivity index (χ1) is 5.83. The molecule has 12 heavy (non-hydrogen) atoms. The highest BCUT2D eigenvalue weighted by molar-refractivity contribution is 7.11. The summed E-state index contributed by atoms with van der Waals surface area (Å²) in [6.45, 7) is 0. The Bertz CT molecular complexity index is 280. The second kappa shape index (κ2) is 4.42. The zero-order valence-electron chi connectivity index (χ0n) is 6.01. The lowest BCUT2D eigenvalue weighted by Crippen LogP contribution is -2.27. The number of thiazole rings is 1. The average Bonchev–Trinajstić information content (AvgIpc) is 2.57. The van der Waals surface area contributed by atoms with Crippen molar-refractivity contribution in [2.45, 2.75) is 0 Å². The predicted octanol–water partition coefficient (Wildman–Crippen LogP) is -0.230. The Balaban J connectivity index is 2.52. The molecule has 0 aliphatic carbocycles. The van der Waals surface area contributed by atoms with Crippen LogP contribution < -0.4 is 11.2 Å². The van der Waals surface area contributed by atoms with Gasteiger partial charge in [-0.2, -0.15) is 5.10 Å². The molecule has 0 amide bonds. The Morgan fingerprint density at radius 3 is 3.25 bits per heavy atom. The van der Waals surface area contributed by atoms with Gasteiger partial charge in [0, 0.05) is 11.6 Å². The SMILES string of the molecule is N/C(=N/N=C/c1nccs1)NO. The maximum absolute atomic E-state index is 8.20. The van der Waals surface area contributed by atoms with Crippen LogP contribution in [0.5, 0.6) is 0 Å². The number of aromatic nitrogens is 1. The third-order valence-corrected chi connectivity index (χ3v) is 1.61. The van der Waals surface area contributed by atoms with Crippen LogP contribution in [0.25, 0.3) is 0 Å². The van der Waals surface area contributed by atoms with Gasteiger partial charge in [0.25, 0.3) is 0 Å². The van der Waals surface area contributed by atoms with Crippen LogP contribution >= 0.6 is 11.3 Å². The molecule has 0 saturated heterocycles. The number of hydrogen-bond acceptors (Lipinski definition) is 5. The fraction of sp³-hybridized carbons (Fsp3) is 0. The number of guanidine groups is 1. The van der Waals surface area contributed by atoms with Gasteiger partial charge >= 0.3 is 0 Å². The van der Waals surface area contributed by atoms with Crippen LogP contribution in [0.2, 0.25) is 0 Å². The zero-order chi connectivity index (χ0) is 8.81. The smallest absolute Gasteiger partial charge is 0.237 e. The molecule has 0 aromatic carbocycles. The van der Waals surface area contributed by atoms with Gasteiger partial charge in [0.05, 0.1) is 6.21 Å². The third-order valence-electron chi connectivity index (χ3n) is 0.900. The molecule has 0 aliphatic rings. The molecule has 0 atom stereocenters. The van der Waals surface area contributed by atoms with E-state index in [1.165, 1.54) is 17.6 Å². The molecule has 1 aromatic heterocycles. The Morgan fingerprint density at radius 1 is 1.83 bits per heavy atom. The van der Waals surface area contributed by atoms with Gasteiger partial charge in [-0.25, -0.2) is 10.5 Å². The van der Waals surface area contributed by atoms with Crippen LogP contribution in [0.15, 0.2) is 21.8 Å². The fourth-order valence-electron chi connectivity index (χ4n) is 0.461. The molecular formula is C5H7N5OS. The van der Waals surface area contributed by atoms with Crippen molar-refractivity contribution < 1.29 is 5.21 Å². The topological polar surface area (TPSA) is 95.9 Å². The van der Waals surface area contributed by atoms with Gasteiger partial charge in [0.1, 0.15) is 5.01 Å². The molecule has 4 N–H and O–H groups in total. The monoisotopic (exact) mass is 185 g/mol. The first kappa shape index (κ1) is 8.62. The molecule has 6 nitrogen and oxygen atoms in total. The molecule has 1 aromatic rings. The molecule has 0 fully saturated rings. The number of hydroxylamine groups is 1. The average molecular weight is 185 g/mol. The standard InChI is InChI=1S/C5H7N5OS/c6-5(10-11)9-8-3-4-7-1-2-12-4/h1-3,11H,(H3,6,9,10)/b8-3+. The highest BCUT2D eigenvalue weighted by Crippen LogP contribution is 1.99. The van der Waals surface area contributed by atoms with Crippen LogP contribution in [-0.2, 0) is 0 Å². The lowest BCUT2D eigenvalue weighted by Gasteiger charge is -1.89. The van der Waals surface area contributed by atoms with Crippen LogP contribution in [0.1, 0.15) is 5.01 Å². The van der Waals surface area contributed by atoms with Crippen molar-refractivity contribution in [2.75, 3.05) is 0 Å². The predicted molar refractivity (Wildman–Crippen MR) is 46.3 cm³/mol. The van der Waals surface area contributed by atoms with Gasteiger partial charge < -0.3 is 5.73 Å². The maximum atomic E-state index is 8.20. The van der Waals surface area contributed by atoms with Crippen LogP contribution in [0.3, 0.4) is 0 Å². The van der Waals surface area contributed by atoms with Gasteiger partial charge in [-0.1, -0.05) is 0 Å². The van der Waals surface area contributed by atoms with E-state index < -0.39 is 0 Å². The Morgan fingerprint density at radius 2 is 2.67 bits per heavy atom. The minimum atomic E-state index is -0.164. The van der Waals surface area contributed by atoms with E-state index in [1.54, 1.807) is 11.7 Å². The summed E-state index contributed by atoms with van der Waals surface area (Å²) in [4.78, 5) is 3.92. The molecule has 1 rings (SSSR count). The molecule has 0 unspecified atom stereocenters. The number of nitrogens with one attached hydrogen (secondary N) is 1. The number of hydrogen-bond donors (Lipinski definition) is 3. The van der Waals surface area contributed by atoms with E-state index in [-0.39, 0.29) is 5.96 Å². The van der Waals surface area contributed by atoms with E-state index in [0.29, 0.717) is 0 Å². The zero-order valence-corrected chi connectivity index (χ0v) is 6.82. The maximum Gasteiger partial charge on any atom is 0.237 e. The summed E-state index contributed by atoms with van der Waals surface area (Å²) in [5.74, 6) is -0.164. The van der Waals surface area contributed by atoms with E-state index >= 15 is 0 Å². The molecule has 0 saturated carbocycles. The number of rotatable bonds is 2. The van der Waals surface area contributed by atoms with Crippen molar-refractivity contribution in [1.82, 2.24) is 10.5 Å². The minimum absolute atomic E-state index is 0.164. The summed E-state index contributed by atoms with van der Waals surface area (Å²) >= 11 is 1.43. The van der Waals surface area contributed by atoms with Crippen LogP contribution in [-0.4, -0.2) is 22.4 Å². The first-order valence-corrected chi connectivity index (χ1v) is 3.87. The Hall–Kier alpha value is -1.47. The van der Waals surface area contributed by atoms with Crippen molar-refractivity contribution in [3.8, 4) is 0 Å². The lowest BCUT2D eigenvalue weighted by molar-refractivity contribution is 0.232. The van der Waals surface area contributed by atoms with E-state index in [0.717, 1.165) is 5.01 Å². The van der Waals surface area contributed by atoms with Crippen molar-refractivity contribution in [3.63, 3.8) is 0 Å². The summed E-state index contributed by atoms with van der Waals surface area (Å²) < 4.78 is 0. The van der Waals surface area contributed by atoms with Crippen molar-refractivity contribution >= 4 is 23.5 Å². The van der Waals surface area contributed by atoms with Crippen molar-refractivity contribution in [2.24, 2.45) is 15.9 Å². The molecule has 0 radical (unpaired) electrons. The van der Waals surface area contributed by atoms with Crippen LogP contribution in [0.4, 0.5) is 0 Å². The molecule has 0 aliphatic heterocycles. The largest absolute Gasteiger partial charge is 0.367 e. The van der Waals surface area contributed by atoms with E-state index in [4.69, 9.17) is 10.9 Å². The van der Waals surface area contributed by atoms with Gasteiger partial charge in [-0.3, -0.25) is 5.21 Å². The van der Waals surface area contributed by atoms with E-state index in [1.807, 2.05) is 5.38 Å². The normalized spacial score (nSPS) is 12.2. The van der Waals surface area contributed by atoms with Crippen molar-refractivity contribution in [3.05, 3.63) is 16.6 Å². The molecule has 0 bridgehead atoms. The van der Waals surface area contributed by atoms with E-state index in [2.05, 4.69) is 15.2 Å². The highest BCUT2D eigenvalue weighted by atomic mass is 32.1. The molecule has 64 valence electrons. The summed E-state index contributed by atoms with van der Waals surface area (Å²) in [6, 6.07) is 0. The third kappa shape index (κ3) is 2.64. The fourth-order valence-corrected chi connectivity index (χ4v) is 0.952. The quantitative estimate of drug-likeness (QED) is 0.337. The Labute approximate surface area is 72.4 Å². The van der Waals surface area contributed by atoms with Gasteiger partial charge in [0.2, 0.25) is 5.96 Å². The van der Waals surface area contributed by atoms with E-state index in [9.17, 15) is 0 Å². The first-order valence-electron chi connectivity index (χ1n) is 2.99. The summed E-state index contributed by atoms with van der Waals surface area (Å²) in [6.07, 6.45) is 3.10. The molecule has 1 heterocycles. The highest BCUT2D eigenvalue weighted by Gasteiger charge is 1.87. The number of nitrogens with zero attached hydrogens (tertiary/aromatic N) is 3. The van der Waals surface area contributed by atoms with Gasteiger partial charge in [-0.05, 0) is 0 Å². The molecule has 7 heteroatoms. The van der Waals surface area contributed by atoms with Crippen LogP contribution in [0, 0.1) is 0 Å². The summed E-state index contributed by atoms with van der Waals surface area (Å²) in [5.41, 5.74) is 6.71. The summed E-state index contributed by atoms with van der Waals surface area (Å²) in [7, 11) is 0. The van der Waals surface area contributed by atoms with Gasteiger partial charge in [0.15, 0.2) is 0 Å². The molecular weight excluding hydrogens is 178 g/mol. The lowest BCUT2D eigenvalue weighted by atomic mass is 10.8. The van der Waals surface area contributed by atoms with Crippen molar-refractivity contribution in [1.29, 1.82) is 0 Å². The second-order valence-corrected chi connectivity index (χ2v) is 2.64. The second-order valence-electron chi connectivity index (χ2n) is 1.71. The number of nitrogens with two attached hydrogens (primary N) is 1. The Kier molecular flexibility index (Phi) is 3.17.